The summed E-state index contributed by atoms with van der Waals surface area (Å²) in [6, 6.07) is 12.6. The Balaban J connectivity index is 1.63. The van der Waals surface area contributed by atoms with Crippen LogP contribution < -0.4 is 5.32 Å². The zero-order valence-corrected chi connectivity index (χ0v) is 14.3. The van der Waals surface area contributed by atoms with E-state index in [1.165, 1.54) is 5.56 Å². The monoisotopic (exact) mass is 329 g/mol. The Morgan fingerprint density at radius 3 is 2.78 bits per heavy atom. The lowest BCUT2D eigenvalue weighted by Gasteiger charge is -2.24. The van der Waals surface area contributed by atoms with Gasteiger partial charge < -0.3 is 10.2 Å². The smallest absolute Gasteiger partial charge is 0.252 e. The maximum Gasteiger partial charge on any atom is 0.252 e. The van der Waals surface area contributed by atoms with Gasteiger partial charge in [0.25, 0.3) is 5.91 Å². The van der Waals surface area contributed by atoms with Crippen molar-refractivity contribution in [3.63, 3.8) is 0 Å². The van der Waals surface area contributed by atoms with E-state index < -0.39 is 0 Å². The first-order valence-electron chi connectivity index (χ1n) is 7.98. The highest BCUT2D eigenvalue weighted by Gasteiger charge is 2.23. The number of carbonyl (C=O) groups excluding carboxylic acids is 1. The summed E-state index contributed by atoms with van der Waals surface area (Å²) in [5, 5.41) is 7.03. The SMILES string of the molecule is CN1CCN(Cc2ccccc2)CC(NC(=O)c2ccsc2)C1. The van der Waals surface area contributed by atoms with Crippen LogP contribution >= 0.6 is 11.3 Å². The maximum absolute atomic E-state index is 12.3. The molecule has 2 aromatic rings. The van der Waals surface area contributed by atoms with Crippen molar-refractivity contribution in [2.24, 2.45) is 0 Å². The zero-order chi connectivity index (χ0) is 16.1. The molecule has 1 aromatic heterocycles. The molecule has 0 bridgehead atoms. The van der Waals surface area contributed by atoms with Crippen LogP contribution in [0.3, 0.4) is 0 Å². The molecule has 1 aliphatic rings. The zero-order valence-electron chi connectivity index (χ0n) is 13.4. The van der Waals surface area contributed by atoms with Gasteiger partial charge in [0.05, 0.1) is 6.04 Å². The van der Waals surface area contributed by atoms with Crippen LogP contribution in [-0.2, 0) is 6.54 Å². The van der Waals surface area contributed by atoms with Gasteiger partial charge in [-0.15, -0.1) is 0 Å². The molecule has 4 nitrogen and oxygen atoms in total. The lowest BCUT2D eigenvalue weighted by molar-refractivity contribution is 0.0924. The first-order chi connectivity index (χ1) is 11.2. The molecule has 2 heterocycles. The third-order valence-corrected chi connectivity index (χ3v) is 4.86. The minimum absolute atomic E-state index is 0.0335. The summed E-state index contributed by atoms with van der Waals surface area (Å²) in [4.78, 5) is 17.0. The highest BCUT2D eigenvalue weighted by Crippen LogP contribution is 2.10. The number of hydrogen-bond donors (Lipinski definition) is 1. The lowest BCUT2D eigenvalue weighted by Crippen LogP contribution is -2.46. The Labute approximate surface area is 141 Å². The number of likely N-dealkylation sites (N-methyl/N-ethyl adjacent to an activating group) is 1. The van der Waals surface area contributed by atoms with Gasteiger partial charge in [-0.05, 0) is 24.1 Å². The topological polar surface area (TPSA) is 35.6 Å². The van der Waals surface area contributed by atoms with Gasteiger partial charge in [0, 0.05) is 43.7 Å². The van der Waals surface area contributed by atoms with Crippen LogP contribution in [0.1, 0.15) is 15.9 Å². The van der Waals surface area contributed by atoms with Gasteiger partial charge in [-0.3, -0.25) is 9.69 Å². The van der Waals surface area contributed by atoms with Crippen molar-refractivity contribution in [1.29, 1.82) is 0 Å². The minimum Gasteiger partial charge on any atom is -0.347 e. The quantitative estimate of drug-likeness (QED) is 0.935. The van der Waals surface area contributed by atoms with E-state index in [1.54, 1.807) is 11.3 Å². The number of nitrogens with one attached hydrogen (secondary N) is 1. The van der Waals surface area contributed by atoms with Crippen molar-refractivity contribution in [3.05, 3.63) is 58.3 Å². The molecule has 1 aliphatic heterocycles. The van der Waals surface area contributed by atoms with Crippen LogP contribution in [0.4, 0.5) is 0 Å². The van der Waals surface area contributed by atoms with Gasteiger partial charge in [0.15, 0.2) is 0 Å². The third kappa shape index (κ3) is 4.64. The summed E-state index contributed by atoms with van der Waals surface area (Å²) in [5.41, 5.74) is 2.08. The first kappa shape index (κ1) is 16.2. The number of carbonyl (C=O) groups is 1. The van der Waals surface area contributed by atoms with Crippen molar-refractivity contribution in [2.75, 3.05) is 33.2 Å². The molecule has 0 saturated carbocycles. The van der Waals surface area contributed by atoms with Gasteiger partial charge in [0.1, 0.15) is 0 Å². The van der Waals surface area contributed by atoms with Crippen molar-refractivity contribution in [2.45, 2.75) is 12.6 Å². The summed E-state index contributed by atoms with van der Waals surface area (Å²) >= 11 is 1.56. The summed E-state index contributed by atoms with van der Waals surface area (Å²) in [6.07, 6.45) is 0. The number of nitrogens with zero attached hydrogens (tertiary/aromatic N) is 2. The summed E-state index contributed by atoms with van der Waals surface area (Å²) in [5.74, 6) is 0.0335. The second-order valence-corrected chi connectivity index (χ2v) is 6.95. The van der Waals surface area contributed by atoms with E-state index in [-0.39, 0.29) is 11.9 Å². The average molecular weight is 329 g/mol. The van der Waals surface area contributed by atoms with Crippen LogP contribution in [0.25, 0.3) is 0 Å². The molecule has 1 saturated heterocycles. The molecule has 0 aliphatic carbocycles. The van der Waals surface area contributed by atoms with Gasteiger partial charge in [-0.2, -0.15) is 11.3 Å². The standard InChI is InChI=1S/C18H23N3OS/c1-20-8-9-21(11-15-5-3-2-4-6-15)13-17(12-20)19-18(22)16-7-10-23-14-16/h2-7,10,14,17H,8-9,11-13H2,1H3,(H,19,22). The molecule has 0 spiro atoms. The van der Waals surface area contributed by atoms with E-state index in [1.807, 2.05) is 22.9 Å². The number of thiophene rings is 1. The molecule has 0 radical (unpaired) electrons. The maximum atomic E-state index is 12.3. The average Bonchev–Trinajstić information content (AvgIpc) is 3.02. The van der Waals surface area contributed by atoms with Gasteiger partial charge in [0.2, 0.25) is 0 Å². The summed E-state index contributed by atoms with van der Waals surface area (Å²) < 4.78 is 0. The van der Waals surface area contributed by atoms with E-state index in [0.717, 1.165) is 38.3 Å². The Morgan fingerprint density at radius 2 is 2.04 bits per heavy atom. The Bertz CT molecular complexity index is 614. The van der Waals surface area contributed by atoms with Crippen molar-refractivity contribution < 1.29 is 4.79 Å². The Hall–Kier alpha value is -1.69. The fourth-order valence-corrected chi connectivity index (χ4v) is 3.62. The van der Waals surface area contributed by atoms with Crippen LogP contribution in [0.5, 0.6) is 0 Å². The number of amides is 1. The molecule has 3 rings (SSSR count). The summed E-state index contributed by atoms with van der Waals surface area (Å²) in [6.45, 7) is 4.75. The van der Waals surface area contributed by atoms with Crippen molar-refractivity contribution in [1.82, 2.24) is 15.1 Å². The second kappa shape index (κ2) is 7.73. The fourth-order valence-electron chi connectivity index (χ4n) is 2.98. The predicted octanol–water partition coefficient (Wildman–Crippen LogP) is 2.29. The highest BCUT2D eigenvalue weighted by molar-refractivity contribution is 7.08. The van der Waals surface area contributed by atoms with Crippen LogP contribution in [0.15, 0.2) is 47.2 Å². The number of benzene rings is 1. The van der Waals surface area contributed by atoms with Crippen molar-refractivity contribution >= 4 is 17.2 Å². The Morgan fingerprint density at radius 1 is 1.22 bits per heavy atom. The first-order valence-corrected chi connectivity index (χ1v) is 8.93. The van der Waals surface area contributed by atoms with Gasteiger partial charge >= 0.3 is 0 Å². The minimum atomic E-state index is 0.0335. The molecule has 1 atom stereocenters. The molecule has 5 heteroatoms. The molecule has 1 aromatic carbocycles. The van der Waals surface area contributed by atoms with E-state index >= 15 is 0 Å². The molecule has 1 unspecified atom stereocenters. The van der Waals surface area contributed by atoms with E-state index in [2.05, 4.69) is 46.4 Å². The third-order valence-electron chi connectivity index (χ3n) is 4.18. The predicted molar refractivity (Wildman–Crippen MR) is 94.8 cm³/mol. The van der Waals surface area contributed by atoms with E-state index in [4.69, 9.17) is 0 Å². The molecular weight excluding hydrogens is 306 g/mol. The molecule has 23 heavy (non-hydrogen) atoms. The summed E-state index contributed by atoms with van der Waals surface area (Å²) in [7, 11) is 2.12. The number of rotatable bonds is 4. The normalized spacial score (nSPS) is 20.1. The molecule has 1 amide bonds. The second-order valence-electron chi connectivity index (χ2n) is 6.17. The van der Waals surface area contributed by atoms with E-state index in [0.29, 0.717) is 0 Å². The van der Waals surface area contributed by atoms with Crippen LogP contribution in [0.2, 0.25) is 0 Å². The Kier molecular flexibility index (Phi) is 5.43. The van der Waals surface area contributed by atoms with Gasteiger partial charge in [-0.25, -0.2) is 0 Å². The van der Waals surface area contributed by atoms with E-state index in [9.17, 15) is 4.79 Å². The molecule has 1 fully saturated rings. The molecule has 122 valence electrons. The molecule has 1 N–H and O–H groups in total. The molecular formula is C18H23N3OS. The fraction of sp³-hybridized carbons (Fsp3) is 0.389. The highest BCUT2D eigenvalue weighted by atomic mass is 32.1. The lowest BCUT2D eigenvalue weighted by atomic mass is 10.2. The van der Waals surface area contributed by atoms with Gasteiger partial charge in [-0.1, -0.05) is 30.3 Å². The number of hydrogen-bond acceptors (Lipinski definition) is 4. The van der Waals surface area contributed by atoms with Crippen LogP contribution in [-0.4, -0.2) is 55.0 Å². The largest absolute Gasteiger partial charge is 0.347 e. The van der Waals surface area contributed by atoms with Crippen LogP contribution in [0, 0.1) is 0 Å². The van der Waals surface area contributed by atoms with Crippen molar-refractivity contribution in [3.8, 4) is 0 Å².